The fourth-order valence-corrected chi connectivity index (χ4v) is 5.42. The predicted octanol–water partition coefficient (Wildman–Crippen LogP) is 4.72. The van der Waals surface area contributed by atoms with E-state index in [2.05, 4.69) is 15.6 Å². The Bertz CT molecular complexity index is 1250. The highest BCUT2D eigenvalue weighted by Gasteiger charge is 2.35. The summed E-state index contributed by atoms with van der Waals surface area (Å²) < 4.78 is 1.60. The van der Waals surface area contributed by atoms with Gasteiger partial charge in [0.15, 0.2) is 0 Å². The molecular formula is C26H27N5O2S. The molecule has 1 unspecified atom stereocenters. The Labute approximate surface area is 202 Å². The number of para-hydroxylation sites is 2. The molecule has 1 atom stereocenters. The lowest BCUT2D eigenvalue weighted by Crippen LogP contribution is -2.48. The number of amides is 2. The van der Waals surface area contributed by atoms with E-state index in [0.717, 1.165) is 41.6 Å². The molecule has 7 nitrogen and oxygen atoms in total. The summed E-state index contributed by atoms with van der Waals surface area (Å²) >= 11 is 1.48. The largest absolute Gasteiger partial charge is 0.351 e. The average Bonchev–Trinajstić information content (AvgIpc) is 3.54. The molecule has 5 rings (SSSR count). The number of nitrogens with one attached hydrogen (secondary N) is 1. The highest BCUT2D eigenvalue weighted by molar-refractivity contribution is 7.10. The Kier molecular flexibility index (Phi) is 6.67. The average molecular weight is 474 g/mol. The molecule has 1 saturated carbocycles. The van der Waals surface area contributed by atoms with Crippen molar-refractivity contribution in [3.8, 4) is 0 Å². The van der Waals surface area contributed by atoms with Crippen LogP contribution in [0.15, 0.2) is 72.1 Å². The van der Waals surface area contributed by atoms with Crippen LogP contribution in [-0.2, 0) is 16.1 Å². The van der Waals surface area contributed by atoms with Crippen LogP contribution >= 0.6 is 11.3 Å². The number of carbonyl (C=O) groups is 2. The topological polar surface area (TPSA) is 80.1 Å². The number of carbonyl (C=O) groups excluding carboxylic acids is 2. The minimum Gasteiger partial charge on any atom is -0.351 e. The Morgan fingerprint density at radius 1 is 1.00 bits per heavy atom. The normalized spacial score (nSPS) is 15.2. The smallest absolute Gasteiger partial charge is 0.249 e. The summed E-state index contributed by atoms with van der Waals surface area (Å²) in [5, 5.41) is 13.5. The molecule has 1 aliphatic carbocycles. The van der Waals surface area contributed by atoms with Crippen molar-refractivity contribution in [1.29, 1.82) is 0 Å². The van der Waals surface area contributed by atoms with Gasteiger partial charge in [0, 0.05) is 16.6 Å². The van der Waals surface area contributed by atoms with E-state index in [9.17, 15) is 9.59 Å². The van der Waals surface area contributed by atoms with Gasteiger partial charge in [0.25, 0.3) is 0 Å². The second kappa shape index (κ2) is 10.2. The first-order valence-corrected chi connectivity index (χ1v) is 12.6. The van der Waals surface area contributed by atoms with Gasteiger partial charge in [-0.1, -0.05) is 60.9 Å². The number of rotatable bonds is 7. The third-order valence-corrected chi connectivity index (χ3v) is 7.20. The van der Waals surface area contributed by atoms with Gasteiger partial charge in [0.2, 0.25) is 11.8 Å². The molecule has 0 spiro atoms. The molecule has 4 aromatic rings. The zero-order chi connectivity index (χ0) is 23.3. The van der Waals surface area contributed by atoms with Crippen molar-refractivity contribution in [3.63, 3.8) is 0 Å². The van der Waals surface area contributed by atoms with Gasteiger partial charge >= 0.3 is 0 Å². The lowest BCUT2D eigenvalue weighted by Gasteiger charge is -2.32. The zero-order valence-corrected chi connectivity index (χ0v) is 19.7. The molecule has 0 saturated heterocycles. The standard InChI is InChI=1S/C26H27N5O2S/c32-24(18-30-22-15-8-7-14-21(22)28-29-30)31(20-12-5-2-6-13-20)25(23-16-9-17-34-23)26(33)27-19-10-3-1-4-11-19/h2,5-9,12-17,19,25H,1,3-4,10-11,18H2,(H,27,33). The van der Waals surface area contributed by atoms with Gasteiger partial charge < -0.3 is 5.32 Å². The number of hydrogen-bond acceptors (Lipinski definition) is 5. The van der Waals surface area contributed by atoms with Crippen molar-refractivity contribution in [2.45, 2.75) is 50.7 Å². The molecule has 2 aromatic heterocycles. The molecule has 2 amide bonds. The predicted molar refractivity (Wildman–Crippen MR) is 134 cm³/mol. The van der Waals surface area contributed by atoms with Crippen molar-refractivity contribution in [1.82, 2.24) is 20.3 Å². The van der Waals surface area contributed by atoms with Crippen LogP contribution in [0.2, 0.25) is 0 Å². The van der Waals surface area contributed by atoms with E-state index in [1.54, 1.807) is 9.58 Å². The lowest BCUT2D eigenvalue weighted by molar-refractivity contribution is -0.127. The minimum atomic E-state index is -0.758. The minimum absolute atomic E-state index is 0.0198. The zero-order valence-electron chi connectivity index (χ0n) is 18.8. The number of fused-ring (bicyclic) bond motifs is 1. The second-order valence-corrected chi connectivity index (χ2v) is 9.58. The third-order valence-electron chi connectivity index (χ3n) is 6.28. The van der Waals surface area contributed by atoms with Gasteiger partial charge in [-0.05, 0) is 48.6 Å². The molecule has 0 bridgehead atoms. The van der Waals surface area contributed by atoms with E-state index in [4.69, 9.17) is 0 Å². The van der Waals surface area contributed by atoms with E-state index in [1.807, 2.05) is 72.1 Å². The molecule has 8 heteroatoms. The van der Waals surface area contributed by atoms with Crippen molar-refractivity contribution >= 4 is 39.9 Å². The SMILES string of the molecule is O=C(NC1CCCCC1)C(c1cccs1)N(C(=O)Cn1nnc2ccccc21)c1ccccc1. The number of thiophene rings is 1. The first-order chi connectivity index (χ1) is 16.7. The van der Waals surface area contributed by atoms with Crippen LogP contribution < -0.4 is 10.2 Å². The van der Waals surface area contributed by atoms with E-state index >= 15 is 0 Å². The Hall–Kier alpha value is -3.52. The number of benzene rings is 2. The maximum atomic E-state index is 13.8. The van der Waals surface area contributed by atoms with E-state index in [-0.39, 0.29) is 24.4 Å². The quantitative estimate of drug-likeness (QED) is 0.421. The number of nitrogens with zero attached hydrogens (tertiary/aromatic N) is 4. The molecule has 0 aliphatic heterocycles. The van der Waals surface area contributed by atoms with Gasteiger partial charge in [-0.2, -0.15) is 0 Å². The van der Waals surface area contributed by atoms with Crippen LogP contribution in [-0.4, -0.2) is 32.9 Å². The Morgan fingerprint density at radius 3 is 2.53 bits per heavy atom. The summed E-state index contributed by atoms with van der Waals surface area (Å²) in [6.07, 6.45) is 5.41. The molecular weight excluding hydrogens is 446 g/mol. The molecule has 1 aliphatic rings. The highest BCUT2D eigenvalue weighted by atomic mass is 32.1. The van der Waals surface area contributed by atoms with Gasteiger partial charge in [0.1, 0.15) is 18.1 Å². The molecule has 34 heavy (non-hydrogen) atoms. The molecule has 2 heterocycles. The molecule has 1 fully saturated rings. The van der Waals surface area contributed by atoms with Crippen molar-refractivity contribution in [3.05, 3.63) is 77.0 Å². The molecule has 174 valence electrons. The van der Waals surface area contributed by atoms with Crippen LogP contribution in [0.3, 0.4) is 0 Å². The van der Waals surface area contributed by atoms with Gasteiger partial charge in [-0.25, -0.2) is 4.68 Å². The van der Waals surface area contributed by atoms with Crippen LogP contribution in [0.25, 0.3) is 11.0 Å². The fraction of sp³-hybridized carbons (Fsp3) is 0.308. The third kappa shape index (κ3) is 4.72. The highest BCUT2D eigenvalue weighted by Crippen LogP contribution is 2.32. The van der Waals surface area contributed by atoms with Crippen LogP contribution in [0, 0.1) is 0 Å². The van der Waals surface area contributed by atoms with E-state index < -0.39 is 6.04 Å². The number of hydrogen-bond donors (Lipinski definition) is 1. The van der Waals surface area contributed by atoms with E-state index in [0.29, 0.717) is 5.69 Å². The number of aromatic nitrogens is 3. The van der Waals surface area contributed by atoms with Crippen molar-refractivity contribution < 1.29 is 9.59 Å². The first kappa shape index (κ1) is 22.3. The molecule has 1 N–H and O–H groups in total. The van der Waals surface area contributed by atoms with Crippen molar-refractivity contribution in [2.24, 2.45) is 0 Å². The monoisotopic (exact) mass is 473 g/mol. The number of anilines is 1. The van der Waals surface area contributed by atoms with Crippen LogP contribution in [0.5, 0.6) is 0 Å². The van der Waals surface area contributed by atoms with Gasteiger partial charge in [-0.3, -0.25) is 14.5 Å². The van der Waals surface area contributed by atoms with Crippen molar-refractivity contribution in [2.75, 3.05) is 4.90 Å². The second-order valence-electron chi connectivity index (χ2n) is 8.60. The molecule has 0 radical (unpaired) electrons. The van der Waals surface area contributed by atoms with Gasteiger partial charge in [-0.15, -0.1) is 16.4 Å². The van der Waals surface area contributed by atoms with Crippen LogP contribution in [0.1, 0.15) is 43.0 Å². The summed E-state index contributed by atoms with van der Waals surface area (Å²) in [7, 11) is 0. The Morgan fingerprint density at radius 2 is 1.76 bits per heavy atom. The summed E-state index contributed by atoms with van der Waals surface area (Å²) in [4.78, 5) is 30.0. The van der Waals surface area contributed by atoms with E-state index in [1.165, 1.54) is 17.8 Å². The maximum absolute atomic E-state index is 13.8. The summed E-state index contributed by atoms with van der Waals surface area (Å²) in [5.41, 5.74) is 2.18. The summed E-state index contributed by atoms with van der Waals surface area (Å²) in [5.74, 6) is -0.367. The maximum Gasteiger partial charge on any atom is 0.249 e. The Balaban J connectivity index is 1.50. The first-order valence-electron chi connectivity index (χ1n) is 11.7. The lowest BCUT2D eigenvalue weighted by atomic mass is 9.95. The molecule has 2 aromatic carbocycles. The fourth-order valence-electron chi connectivity index (χ4n) is 4.61. The van der Waals surface area contributed by atoms with Crippen LogP contribution in [0.4, 0.5) is 5.69 Å². The van der Waals surface area contributed by atoms with Gasteiger partial charge in [0.05, 0.1) is 5.52 Å². The summed E-state index contributed by atoms with van der Waals surface area (Å²) in [6.45, 7) is -0.0198. The summed E-state index contributed by atoms with van der Waals surface area (Å²) in [6, 6.07) is 20.2.